The number of aromatic nitrogens is 3. The number of hydrogen-bond acceptors (Lipinski definition) is 2. The van der Waals surface area contributed by atoms with E-state index in [2.05, 4.69) is 22.3 Å². The summed E-state index contributed by atoms with van der Waals surface area (Å²) >= 11 is 5.08. The average Bonchev–Trinajstić information content (AvgIpc) is 2.81. The van der Waals surface area contributed by atoms with Crippen molar-refractivity contribution >= 4 is 12.2 Å². The number of nitrogens with one attached hydrogen (secondary N) is 2. The van der Waals surface area contributed by atoms with E-state index < -0.39 is 0 Å². The summed E-state index contributed by atoms with van der Waals surface area (Å²) in [5.41, 5.74) is -0.110. The molecule has 0 aliphatic heterocycles. The lowest BCUT2D eigenvalue weighted by Gasteiger charge is -2.17. The van der Waals surface area contributed by atoms with Crippen LogP contribution in [0.15, 0.2) is 16.9 Å². The standard InChI is InChI=1S/C9H11N3OS/c13-8-10-11-9(14)12(8)7-4-5-1-2-6(7)3-5/h1-2,5-7H,3-4H2,(H,10,13)(H,11,14)/t5-,6+,7-/m1/s1. The van der Waals surface area contributed by atoms with Gasteiger partial charge in [0.25, 0.3) is 0 Å². The summed E-state index contributed by atoms with van der Waals surface area (Å²) in [5.74, 6) is 1.16. The highest BCUT2D eigenvalue weighted by Crippen LogP contribution is 2.45. The first kappa shape index (κ1) is 8.23. The number of rotatable bonds is 1. The summed E-state index contributed by atoms with van der Waals surface area (Å²) in [4.78, 5) is 11.5. The SMILES string of the molecule is O=c1[nH][nH]c(=S)n1[C@@H]1C[C@@H]2C=C[C@H]1C2. The predicted molar refractivity (Wildman–Crippen MR) is 54.6 cm³/mol. The molecule has 0 saturated heterocycles. The van der Waals surface area contributed by atoms with Gasteiger partial charge < -0.3 is 0 Å². The number of fused-ring (bicyclic) bond motifs is 2. The number of aromatic amines is 2. The van der Waals surface area contributed by atoms with Crippen LogP contribution in [0.2, 0.25) is 0 Å². The minimum absolute atomic E-state index is 0.110. The zero-order valence-corrected chi connectivity index (χ0v) is 8.38. The summed E-state index contributed by atoms with van der Waals surface area (Å²) in [6, 6.07) is 0.271. The highest BCUT2D eigenvalue weighted by Gasteiger charge is 2.37. The lowest BCUT2D eigenvalue weighted by Crippen LogP contribution is -2.25. The van der Waals surface area contributed by atoms with E-state index in [4.69, 9.17) is 12.2 Å². The number of nitrogens with zero attached hydrogens (tertiary/aromatic N) is 1. The zero-order chi connectivity index (χ0) is 9.71. The van der Waals surface area contributed by atoms with E-state index in [1.807, 2.05) is 0 Å². The highest BCUT2D eigenvalue weighted by atomic mass is 32.1. The number of H-pyrrole nitrogens is 2. The van der Waals surface area contributed by atoms with Crippen LogP contribution in [-0.2, 0) is 0 Å². The normalized spacial score (nSPS) is 34.1. The monoisotopic (exact) mass is 209 g/mol. The van der Waals surface area contributed by atoms with Gasteiger partial charge in [0.05, 0.1) is 0 Å². The van der Waals surface area contributed by atoms with Crippen LogP contribution in [0.1, 0.15) is 18.9 Å². The Morgan fingerprint density at radius 1 is 1.36 bits per heavy atom. The largest absolute Gasteiger partial charge is 0.342 e. The van der Waals surface area contributed by atoms with E-state index in [0.29, 0.717) is 16.6 Å². The molecular weight excluding hydrogens is 198 g/mol. The van der Waals surface area contributed by atoms with Gasteiger partial charge in [0.1, 0.15) is 0 Å². The zero-order valence-electron chi connectivity index (χ0n) is 7.56. The maximum atomic E-state index is 11.5. The molecule has 0 radical (unpaired) electrons. The first-order valence-electron chi connectivity index (χ1n) is 4.83. The van der Waals surface area contributed by atoms with Gasteiger partial charge in [-0.25, -0.2) is 9.89 Å². The predicted octanol–water partition coefficient (Wildman–Crippen LogP) is 1.37. The highest BCUT2D eigenvalue weighted by molar-refractivity contribution is 7.71. The van der Waals surface area contributed by atoms with E-state index >= 15 is 0 Å². The molecule has 1 fully saturated rings. The molecule has 4 nitrogen and oxygen atoms in total. The van der Waals surface area contributed by atoms with Gasteiger partial charge in [0.2, 0.25) is 0 Å². The molecule has 1 aromatic rings. The molecule has 5 heteroatoms. The first-order chi connectivity index (χ1) is 6.75. The summed E-state index contributed by atoms with van der Waals surface area (Å²) in [6.07, 6.45) is 6.70. The van der Waals surface area contributed by atoms with Crippen molar-refractivity contribution < 1.29 is 0 Å². The molecule has 1 saturated carbocycles. The van der Waals surface area contributed by atoms with E-state index in [-0.39, 0.29) is 11.7 Å². The molecule has 14 heavy (non-hydrogen) atoms. The van der Waals surface area contributed by atoms with E-state index in [9.17, 15) is 4.79 Å². The van der Waals surface area contributed by atoms with Crippen LogP contribution in [-0.4, -0.2) is 14.8 Å². The fraction of sp³-hybridized carbons (Fsp3) is 0.556. The van der Waals surface area contributed by atoms with Crippen molar-refractivity contribution in [2.24, 2.45) is 11.8 Å². The third-order valence-electron chi connectivity index (χ3n) is 3.29. The fourth-order valence-corrected chi connectivity index (χ4v) is 2.94. The van der Waals surface area contributed by atoms with Crippen LogP contribution in [0.4, 0.5) is 0 Å². The van der Waals surface area contributed by atoms with Gasteiger partial charge in [0.15, 0.2) is 4.77 Å². The smallest absolute Gasteiger partial charge is 0.272 e. The van der Waals surface area contributed by atoms with Crippen molar-refractivity contribution in [1.29, 1.82) is 0 Å². The van der Waals surface area contributed by atoms with E-state index in [1.165, 1.54) is 6.42 Å². The quantitative estimate of drug-likeness (QED) is 0.542. The summed E-state index contributed by atoms with van der Waals surface area (Å²) in [6.45, 7) is 0. The molecule has 3 atom stereocenters. The molecule has 1 aromatic heterocycles. The Kier molecular flexibility index (Phi) is 1.58. The summed E-state index contributed by atoms with van der Waals surface area (Å²) < 4.78 is 2.20. The van der Waals surface area contributed by atoms with Crippen LogP contribution < -0.4 is 5.69 Å². The Hall–Kier alpha value is -1.10. The van der Waals surface area contributed by atoms with Gasteiger partial charge in [-0.3, -0.25) is 9.67 Å². The summed E-state index contributed by atoms with van der Waals surface area (Å²) in [7, 11) is 0. The van der Waals surface area contributed by atoms with Crippen LogP contribution in [0.5, 0.6) is 0 Å². The lowest BCUT2D eigenvalue weighted by atomic mass is 10.0. The molecule has 0 amide bonds. The molecule has 0 aromatic carbocycles. The molecule has 3 rings (SSSR count). The van der Waals surface area contributed by atoms with Crippen molar-refractivity contribution in [2.45, 2.75) is 18.9 Å². The lowest BCUT2D eigenvalue weighted by molar-refractivity contribution is 0.417. The maximum absolute atomic E-state index is 11.5. The number of hydrogen-bond donors (Lipinski definition) is 2. The molecule has 74 valence electrons. The molecule has 2 aliphatic carbocycles. The van der Waals surface area contributed by atoms with Gasteiger partial charge in [-0.1, -0.05) is 12.2 Å². The average molecular weight is 209 g/mol. The fourth-order valence-electron chi connectivity index (χ4n) is 2.67. The van der Waals surface area contributed by atoms with Gasteiger partial charge in [-0.05, 0) is 36.9 Å². The Bertz CT molecular complexity index is 467. The molecule has 2 N–H and O–H groups in total. The molecule has 1 heterocycles. The Balaban J connectivity index is 2.09. The molecule has 2 bridgehead atoms. The molecular formula is C9H11N3OS. The van der Waals surface area contributed by atoms with Crippen LogP contribution >= 0.6 is 12.2 Å². The maximum Gasteiger partial charge on any atom is 0.342 e. The third kappa shape index (κ3) is 0.987. The van der Waals surface area contributed by atoms with Gasteiger partial charge in [-0.2, -0.15) is 0 Å². The minimum Gasteiger partial charge on any atom is -0.272 e. The Labute approximate surface area is 85.6 Å². The van der Waals surface area contributed by atoms with Crippen molar-refractivity contribution in [3.63, 3.8) is 0 Å². The third-order valence-corrected chi connectivity index (χ3v) is 3.59. The van der Waals surface area contributed by atoms with Crippen molar-refractivity contribution in [2.75, 3.05) is 0 Å². The van der Waals surface area contributed by atoms with Gasteiger partial charge in [0, 0.05) is 6.04 Å². The Morgan fingerprint density at radius 3 is 2.71 bits per heavy atom. The summed E-state index contributed by atoms with van der Waals surface area (Å²) in [5, 5.41) is 5.22. The topological polar surface area (TPSA) is 53.6 Å². The van der Waals surface area contributed by atoms with Crippen LogP contribution in [0.25, 0.3) is 0 Å². The molecule has 2 aliphatic rings. The molecule has 0 spiro atoms. The Morgan fingerprint density at radius 2 is 2.21 bits per heavy atom. The first-order valence-corrected chi connectivity index (χ1v) is 5.24. The molecule has 0 unspecified atom stereocenters. The van der Waals surface area contributed by atoms with Crippen molar-refractivity contribution in [3.8, 4) is 0 Å². The second-order valence-electron chi connectivity index (χ2n) is 4.08. The van der Waals surface area contributed by atoms with Crippen molar-refractivity contribution in [3.05, 3.63) is 27.4 Å². The van der Waals surface area contributed by atoms with Crippen molar-refractivity contribution in [1.82, 2.24) is 14.8 Å². The number of allylic oxidation sites excluding steroid dienone is 2. The second-order valence-corrected chi connectivity index (χ2v) is 4.46. The van der Waals surface area contributed by atoms with Gasteiger partial charge in [-0.15, -0.1) is 0 Å². The second kappa shape index (κ2) is 2.70. The van der Waals surface area contributed by atoms with E-state index in [1.54, 1.807) is 4.57 Å². The van der Waals surface area contributed by atoms with Gasteiger partial charge >= 0.3 is 5.69 Å². The van der Waals surface area contributed by atoms with Crippen LogP contribution in [0, 0.1) is 16.6 Å². The minimum atomic E-state index is -0.110. The van der Waals surface area contributed by atoms with E-state index in [0.717, 1.165) is 6.42 Å². The van der Waals surface area contributed by atoms with Crippen LogP contribution in [0.3, 0.4) is 0 Å².